The van der Waals surface area contributed by atoms with Gasteiger partial charge in [-0.15, -0.1) is 0 Å². The summed E-state index contributed by atoms with van der Waals surface area (Å²) in [7, 11) is 0. The van der Waals surface area contributed by atoms with Gasteiger partial charge < -0.3 is 5.11 Å². The fourth-order valence-corrected chi connectivity index (χ4v) is 1.42. The van der Waals surface area contributed by atoms with Crippen LogP contribution in [0.5, 0.6) is 0 Å². The molecule has 1 aromatic rings. The van der Waals surface area contributed by atoms with Crippen LogP contribution in [0.3, 0.4) is 0 Å². The lowest BCUT2D eigenvalue weighted by Gasteiger charge is -1.95. The Morgan fingerprint density at radius 3 is 2.42 bits per heavy atom. The standard InChI is InChI=1S/C9H7IO2/c10-8(6-9(11)12)7-4-2-1-3-5-7/h1-6H,(H,11,12)/b8-6-. The Hall–Kier alpha value is -0.840. The molecule has 0 heterocycles. The molecule has 1 rings (SSSR count). The first-order valence-corrected chi connectivity index (χ1v) is 4.43. The van der Waals surface area contributed by atoms with Crippen molar-refractivity contribution in [2.45, 2.75) is 0 Å². The van der Waals surface area contributed by atoms with E-state index in [-0.39, 0.29) is 0 Å². The summed E-state index contributed by atoms with van der Waals surface area (Å²) in [4.78, 5) is 10.3. The molecule has 0 saturated carbocycles. The molecule has 0 radical (unpaired) electrons. The van der Waals surface area contributed by atoms with E-state index in [1.807, 2.05) is 52.9 Å². The average molecular weight is 274 g/mol. The smallest absolute Gasteiger partial charge is 0.329 e. The molecular formula is C9H7IO2. The van der Waals surface area contributed by atoms with E-state index in [0.29, 0.717) is 0 Å². The van der Waals surface area contributed by atoms with Gasteiger partial charge in [0, 0.05) is 9.66 Å². The monoisotopic (exact) mass is 274 g/mol. The lowest BCUT2D eigenvalue weighted by atomic mass is 10.2. The minimum atomic E-state index is -0.914. The number of carboxylic acids is 1. The maximum absolute atomic E-state index is 10.3. The number of aliphatic carboxylic acids is 1. The van der Waals surface area contributed by atoms with Crippen molar-refractivity contribution in [2.24, 2.45) is 0 Å². The molecule has 2 nitrogen and oxygen atoms in total. The lowest BCUT2D eigenvalue weighted by Crippen LogP contribution is -1.87. The summed E-state index contributed by atoms with van der Waals surface area (Å²) in [5, 5.41) is 8.46. The molecule has 1 aromatic carbocycles. The molecule has 0 fully saturated rings. The van der Waals surface area contributed by atoms with Crippen LogP contribution in [0.1, 0.15) is 5.56 Å². The van der Waals surface area contributed by atoms with Crippen molar-refractivity contribution in [1.29, 1.82) is 0 Å². The molecule has 12 heavy (non-hydrogen) atoms. The molecular weight excluding hydrogens is 267 g/mol. The second-order valence-electron chi connectivity index (χ2n) is 2.20. The van der Waals surface area contributed by atoms with Crippen molar-refractivity contribution in [3.8, 4) is 0 Å². The fourth-order valence-electron chi connectivity index (χ4n) is 0.789. The van der Waals surface area contributed by atoms with Crippen LogP contribution in [0.4, 0.5) is 0 Å². The van der Waals surface area contributed by atoms with Crippen LogP contribution >= 0.6 is 22.6 Å². The SMILES string of the molecule is O=C(O)/C=C(\I)c1ccccc1. The summed E-state index contributed by atoms with van der Waals surface area (Å²) in [5.41, 5.74) is 0.931. The highest BCUT2D eigenvalue weighted by Gasteiger charge is 1.97. The number of benzene rings is 1. The van der Waals surface area contributed by atoms with Gasteiger partial charge in [-0.1, -0.05) is 30.3 Å². The normalized spacial score (nSPS) is 11.2. The Morgan fingerprint density at radius 2 is 1.92 bits per heavy atom. The molecule has 0 aliphatic carbocycles. The third-order valence-corrected chi connectivity index (χ3v) is 2.23. The van der Waals surface area contributed by atoms with Crippen molar-refractivity contribution in [3.05, 3.63) is 42.0 Å². The van der Waals surface area contributed by atoms with Crippen molar-refractivity contribution < 1.29 is 9.90 Å². The number of rotatable bonds is 2. The van der Waals surface area contributed by atoms with Gasteiger partial charge >= 0.3 is 5.97 Å². The van der Waals surface area contributed by atoms with Gasteiger partial charge in [-0.2, -0.15) is 0 Å². The van der Waals surface area contributed by atoms with Crippen LogP contribution in [0.25, 0.3) is 3.58 Å². The molecule has 0 aromatic heterocycles. The Balaban J connectivity index is 2.93. The van der Waals surface area contributed by atoms with Gasteiger partial charge in [0.25, 0.3) is 0 Å². The summed E-state index contributed by atoms with van der Waals surface area (Å²) in [5.74, 6) is -0.914. The zero-order valence-electron chi connectivity index (χ0n) is 6.20. The molecule has 1 N–H and O–H groups in total. The van der Waals surface area contributed by atoms with E-state index in [0.717, 1.165) is 9.14 Å². The number of carbonyl (C=O) groups is 1. The zero-order valence-corrected chi connectivity index (χ0v) is 8.36. The minimum Gasteiger partial charge on any atom is -0.478 e. The average Bonchev–Trinajstić information content (AvgIpc) is 2.05. The minimum absolute atomic E-state index is 0.737. The Bertz CT molecular complexity index is 304. The highest BCUT2D eigenvalue weighted by Crippen LogP contribution is 2.20. The Morgan fingerprint density at radius 1 is 1.33 bits per heavy atom. The summed E-state index contributed by atoms with van der Waals surface area (Å²) in [6.07, 6.45) is 1.19. The molecule has 0 aliphatic rings. The first kappa shape index (κ1) is 9.25. The van der Waals surface area contributed by atoms with Gasteiger partial charge in [0.05, 0.1) is 0 Å². The Labute approximate surface area is 84.1 Å². The van der Waals surface area contributed by atoms with E-state index in [1.54, 1.807) is 0 Å². The van der Waals surface area contributed by atoms with E-state index < -0.39 is 5.97 Å². The molecule has 0 amide bonds. The third kappa shape index (κ3) is 2.65. The van der Waals surface area contributed by atoms with Gasteiger partial charge in [-0.05, 0) is 28.2 Å². The number of halogens is 1. The second-order valence-corrected chi connectivity index (χ2v) is 3.36. The quantitative estimate of drug-likeness (QED) is 0.664. The number of carboxylic acid groups (broad SMARTS) is 1. The lowest BCUT2D eigenvalue weighted by molar-refractivity contribution is -0.131. The van der Waals surface area contributed by atoms with Crippen LogP contribution in [-0.4, -0.2) is 11.1 Å². The van der Waals surface area contributed by atoms with Gasteiger partial charge in [0.15, 0.2) is 0 Å². The van der Waals surface area contributed by atoms with Crippen LogP contribution in [0.2, 0.25) is 0 Å². The van der Waals surface area contributed by atoms with E-state index in [9.17, 15) is 4.79 Å². The predicted octanol–water partition coefficient (Wildman–Crippen LogP) is 2.55. The predicted molar refractivity (Wildman–Crippen MR) is 56.1 cm³/mol. The summed E-state index contributed by atoms with van der Waals surface area (Å²) >= 11 is 2.00. The molecule has 0 saturated heterocycles. The van der Waals surface area contributed by atoms with Gasteiger partial charge in [-0.3, -0.25) is 0 Å². The summed E-state index contributed by atoms with van der Waals surface area (Å²) < 4.78 is 0.737. The first-order chi connectivity index (χ1) is 5.70. The van der Waals surface area contributed by atoms with Crippen molar-refractivity contribution in [3.63, 3.8) is 0 Å². The highest BCUT2D eigenvalue weighted by atomic mass is 127. The summed E-state index contributed by atoms with van der Waals surface area (Å²) in [6, 6.07) is 9.41. The van der Waals surface area contributed by atoms with Crippen LogP contribution < -0.4 is 0 Å². The molecule has 0 spiro atoms. The van der Waals surface area contributed by atoms with E-state index >= 15 is 0 Å². The van der Waals surface area contributed by atoms with Crippen molar-refractivity contribution in [1.82, 2.24) is 0 Å². The molecule has 0 aliphatic heterocycles. The largest absolute Gasteiger partial charge is 0.478 e. The molecule has 0 atom stereocenters. The van der Waals surface area contributed by atoms with Gasteiger partial charge in [0.1, 0.15) is 0 Å². The topological polar surface area (TPSA) is 37.3 Å². The molecule has 3 heteroatoms. The first-order valence-electron chi connectivity index (χ1n) is 3.35. The maximum Gasteiger partial charge on any atom is 0.329 e. The van der Waals surface area contributed by atoms with Crippen LogP contribution in [-0.2, 0) is 4.79 Å². The fraction of sp³-hybridized carbons (Fsp3) is 0. The zero-order chi connectivity index (χ0) is 8.97. The highest BCUT2D eigenvalue weighted by molar-refractivity contribution is 14.1. The van der Waals surface area contributed by atoms with Crippen molar-refractivity contribution in [2.75, 3.05) is 0 Å². The van der Waals surface area contributed by atoms with Gasteiger partial charge in [-0.25, -0.2) is 4.79 Å². The molecule has 0 bridgehead atoms. The number of hydrogen-bond acceptors (Lipinski definition) is 1. The Kier molecular flexibility index (Phi) is 3.28. The van der Waals surface area contributed by atoms with Crippen LogP contribution in [0, 0.1) is 0 Å². The van der Waals surface area contributed by atoms with E-state index in [4.69, 9.17) is 5.11 Å². The maximum atomic E-state index is 10.3. The molecule has 62 valence electrons. The second kappa shape index (κ2) is 4.25. The third-order valence-electron chi connectivity index (χ3n) is 1.30. The molecule has 0 unspecified atom stereocenters. The van der Waals surface area contributed by atoms with Crippen molar-refractivity contribution >= 4 is 32.1 Å². The van der Waals surface area contributed by atoms with E-state index in [1.165, 1.54) is 6.08 Å². The van der Waals surface area contributed by atoms with Gasteiger partial charge in [0.2, 0.25) is 0 Å². The number of hydrogen-bond donors (Lipinski definition) is 1. The summed E-state index contributed by atoms with van der Waals surface area (Å²) in [6.45, 7) is 0. The van der Waals surface area contributed by atoms with E-state index in [2.05, 4.69) is 0 Å². The van der Waals surface area contributed by atoms with Crippen LogP contribution in [0.15, 0.2) is 36.4 Å².